The third-order valence-electron chi connectivity index (χ3n) is 1.99. The van der Waals surface area contributed by atoms with Gasteiger partial charge in [0.15, 0.2) is 0 Å². The average Bonchev–Trinajstić information content (AvgIpc) is 2.03. The number of hydrogen-bond acceptors (Lipinski definition) is 2. The summed E-state index contributed by atoms with van der Waals surface area (Å²) >= 11 is 4.45. The maximum atomic E-state index is 4.45. The molecule has 0 saturated carbocycles. The molecule has 0 fully saturated rings. The van der Waals surface area contributed by atoms with Crippen LogP contribution in [0.5, 0.6) is 0 Å². The molecule has 11 heavy (non-hydrogen) atoms. The standard InChI is InChI=1S/C9H21NS/c1-4-6-7-8-10(3)9(11)5-2/h9,11H,4-8H2,1-3H3. The van der Waals surface area contributed by atoms with Crippen molar-refractivity contribution in [3.05, 3.63) is 0 Å². The topological polar surface area (TPSA) is 3.24 Å². The van der Waals surface area contributed by atoms with Gasteiger partial charge in [-0.1, -0.05) is 26.7 Å². The lowest BCUT2D eigenvalue weighted by Gasteiger charge is -2.22. The summed E-state index contributed by atoms with van der Waals surface area (Å²) in [6.07, 6.45) is 5.08. The molecule has 68 valence electrons. The van der Waals surface area contributed by atoms with Gasteiger partial charge in [0.05, 0.1) is 5.37 Å². The fourth-order valence-electron chi connectivity index (χ4n) is 1.07. The van der Waals surface area contributed by atoms with Gasteiger partial charge in [0.25, 0.3) is 0 Å². The van der Waals surface area contributed by atoms with Crippen molar-refractivity contribution in [3.8, 4) is 0 Å². The summed E-state index contributed by atoms with van der Waals surface area (Å²) in [6, 6.07) is 0. The van der Waals surface area contributed by atoms with Crippen molar-refractivity contribution < 1.29 is 0 Å². The minimum atomic E-state index is 0.451. The highest BCUT2D eigenvalue weighted by molar-refractivity contribution is 7.80. The second-order valence-corrected chi connectivity index (χ2v) is 3.67. The molecule has 0 heterocycles. The molecule has 1 nitrogen and oxygen atoms in total. The lowest BCUT2D eigenvalue weighted by atomic mass is 10.2. The van der Waals surface area contributed by atoms with Crippen LogP contribution in [0.4, 0.5) is 0 Å². The Bertz CT molecular complexity index is 85.6. The van der Waals surface area contributed by atoms with Gasteiger partial charge in [0, 0.05) is 0 Å². The molecule has 0 aromatic carbocycles. The van der Waals surface area contributed by atoms with E-state index >= 15 is 0 Å². The predicted octanol–water partition coefficient (Wildman–Crippen LogP) is 2.77. The minimum absolute atomic E-state index is 0.451. The summed E-state index contributed by atoms with van der Waals surface area (Å²) in [6.45, 7) is 5.60. The zero-order valence-electron chi connectivity index (χ0n) is 8.01. The van der Waals surface area contributed by atoms with E-state index in [1.165, 1.54) is 25.8 Å². The Morgan fingerprint density at radius 1 is 1.27 bits per heavy atom. The van der Waals surface area contributed by atoms with E-state index in [9.17, 15) is 0 Å². The predicted molar refractivity (Wildman–Crippen MR) is 55.2 cm³/mol. The summed E-state index contributed by atoms with van der Waals surface area (Å²) < 4.78 is 0. The second-order valence-electron chi connectivity index (χ2n) is 3.08. The summed E-state index contributed by atoms with van der Waals surface area (Å²) in [5.41, 5.74) is 0. The Morgan fingerprint density at radius 2 is 1.91 bits per heavy atom. The third-order valence-corrected chi connectivity index (χ3v) is 2.75. The molecule has 0 aromatic rings. The Labute approximate surface area is 76.6 Å². The normalized spacial score (nSPS) is 13.9. The maximum Gasteiger partial charge on any atom is 0.0522 e. The van der Waals surface area contributed by atoms with Gasteiger partial charge in [-0.2, -0.15) is 12.6 Å². The van der Waals surface area contributed by atoms with Crippen LogP contribution in [-0.2, 0) is 0 Å². The molecular weight excluding hydrogens is 154 g/mol. The van der Waals surface area contributed by atoms with Gasteiger partial charge in [-0.3, -0.25) is 4.90 Å². The van der Waals surface area contributed by atoms with E-state index in [2.05, 4.69) is 38.4 Å². The Hall–Kier alpha value is 0.310. The van der Waals surface area contributed by atoms with Gasteiger partial charge >= 0.3 is 0 Å². The molecule has 0 rings (SSSR count). The first-order chi connectivity index (χ1) is 5.22. The van der Waals surface area contributed by atoms with E-state index in [0.29, 0.717) is 5.37 Å². The molecule has 0 aromatic heterocycles. The maximum absolute atomic E-state index is 4.45. The van der Waals surface area contributed by atoms with E-state index < -0.39 is 0 Å². The van der Waals surface area contributed by atoms with E-state index in [4.69, 9.17) is 0 Å². The van der Waals surface area contributed by atoms with Crippen molar-refractivity contribution in [3.63, 3.8) is 0 Å². The molecular formula is C9H21NS. The Morgan fingerprint density at radius 3 is 2.36 bits per heavy atom. The largest absolute Gasteiger partial charge is 0.295 e. The highest BCUT2D eigenvalue weighted by Crippen LogP contribution is 2.07. The van der Waals surface area contributed by atoms with Gasteiger partial charge in [0.1, 0.15) is 0 Å². The molecule has 0 saturated heterocycles. The number of unbranched alkanes of at least 4 members (excludes halogenated alkanes) is 2. The summed E-state index contributed by atoms with van der Waals surface area (Å²) in [4.78, 5) is 2.32. The van der Waals surface area contributed by atoms with E-state index in [1.807, 2.05) is 0 Å². The minimum Gasteiger partial charge on any atom is -0.295 e. The van der Waals surface area contributed by atoms with E-state index in [0.717, 1.165) is 6.42 Å². The van der Waals surface area contributed by atoms with Crippen LogP contribution in [0.25, 0.3) is 0 Å². The van der Waals surface area contributed by atoms with Crippen LogP contribution in [0.15, 0.2) is 0 Å². The molecule has 0 aliphatic heterocycles. The van der Waals surface area contributed by atoms with E-state index in [1.54, 1.807) is 0 Å². The molecule has 1 atom stereocenters. The quantitative estimate of drug-likeness (QED) is 0.369. The van der Waals surface area contributed by atoms with Gasteiger partial charge in [-0.25, -0.2) is 0 Å². The van der Waals surface area contributed by atoms with Crippen LogP contribution in [-0.4, -0.2) is 23.9 Å². The highest BCUT2D eigenvalue weighted by atomic mass is 32.1. The SMILES string of the molecule is CCCCCN(C)C(S)CC. The molecule has 0 aliphatic carbocycles. The molecule has 0 radical (unpaired) electrons. The van der Waals surface area contributed by atoms with Gasteiger partial charge in [0.2, 0.25) is 0 Å². The molecule has 2 heteroatoms. The number of thiol groups is 1. The van der Waals surface area contributed by atoms with E-state index in [-0.39, 0.29) is 0 Å². The van der Waals surface area contributed by atoms with Crippen LogP contribution in [0, 0.1) is 0 Å². The van der Waals surface area contributed by atoms with Crippen molar-refractivity contribution in [2.45, 2.75) is 44.9 Å². The Balaban J connectivity index is 3.28. The first kappa shape index (κ1) is 11.3. The van der Waals surface area contributed by atoms with Gasteiger partial charge < -0.3 is 0 Å². The monoisotopic (exact) mass is 175 g/mol. The Kier molecular flexibility index (Phi) is 7.18. The molecule has 0 amide bonds. The number of nitrogens with zero attached hydrogens (tertiary/aromatic N) is 1. The van der Waals surface area contributed by atoms with Crippen LogP contribution in [0.2, 0.25) is 0 Å². The average molecular weight is 175 g/mol. The molecule has 0 bridgehead atoms. The van der Waals surface area contributed by atoms with Crippen LogP contribution < -0.4 is 0 Å². The summed E-state index contributed by atoms with van der Waals surface area (Å²) in [5.74, 6) is 0. The van der Waals surface area contributed by atoms with Crippen molar-refractivity contribution in [2.24, 2.45) is 0 Å². The van der Waals surface area contributed by atoms with Crippen molar-refractivity contribution >= 4 is 12.6 Å². The number of hydrogen-bond donors (Lipinski definition) is 1. The van der Waals surface area contributed by atoms with Crippen LogP contribution in [0.3, 0.4) is 0 Å². The van der Waals surface area contributed by atoms with Crippen molar-refractivity contribution in [2.75, 3.05) is 13.6 Å². The van der Waals surface area contributed by atoms with Gasteiger partial charge in [-0.05, 0) is 26.4 Å². The number of rotatable bonds is 6. The van der Waals surface area contributed by atoms with Crippen molar-refractivity contribution in [1.29, 1.82) is 0 Å². The first-order valence-corrected chi connectivity index (χ1v) is 5.12. The molecule has 0 spiro atoms. The fraction of sp³-hybridized carbons (Fsp3) is 1.00. The molecule has 1 unspecified atom stereocenters. The third kappa shape index (κ3) is 5.57. The zero-order chi connectivity index (χ0) is 8.69. The highest BCUT2D eigenvalue weighted by Gasteiger charge is 2.05. The van der Waals surface area contributed by atoms with Gasteiger partial charge in [-0.15, -0.1) is 0 Å². The fourth-order valence-corrected chi connectivity index (χ4v) is 1.19. The lowest BCUT2D eigenvalue weighted by molar-refractivity contribution is 0.302. The zero-order valence-corrected chi connectivity index (χ0v) is 8.90. The molecule has 0 N–H and O–H groups in total. The smallest absolute Gasteiger partial charge is 0.0522 e. The summed E-state index contributed by atoms with van der Waals surface area (Å²) in [7, 11) is 2.15. The first-order valence-electron chi connectivity index (χ1n) is 4.60. The van der Waals surface area contributed by atoms with Crippen LogP contribution in [0.1, 0.15) is 39.5 Å². The lowest BCUT2D eigenvalue weighted by Crippen LogP contribution is -2.27. The second kappa shape index (κ2) is 6.99. The summed E-state index contributed by atoms with van der Waals surface area (Å²) in [5, 5.41) is 0.451. The van der Waals surface area contributed by atoms with Crippen LogP contribution >= 0.6 is 12.6 Å². The molecule has 0 aliphatic rings. The van der Waals surface area contributed by atoms with Crippen molar-refractivity contribution in [1.82, 2.24) is 4.90 Å².